The van der Waals surface area contributed by atoms with Gasteiger partial charge in [0.25, 0.3) is 0 Å². The minimum Gasteiger partial charge on any atom is -0.312 e. The molecule has 1 atom stereocenters. The molecule has 2 N–H and O–H groups in total. The molecule has 3 heteroatoms. The van der Waals surface area contributed by atoms with Crippen LogP contribution in [-0.2, 0) is 5.41 Å². The molecule has 1 nitrogen and oxygen atoms in total. The van der Waals surface area contributed by atoms with E-state index >= 15 is 0 Å². The van der Waals surface area contributed by atoms with Gasteiger partial charge in [0.15, 0.2) is 0 Å². The molecule has 1 rings (SSSR count). The summed E-state index contributed by atoms with van der Waals surface area (Å²) in [6.45, 7) is 6.34. The third kappa shape index (κ3) is 2.52. The first kappa shape index (κ1) is 11.6. The van der Waals surface area contributed by atoms with Gasteiger partial charge in [-0.15, -0.1) is 11.6 Å². The van der Waals surface area contributed by atoms with Crippen molar-refractivity contribution in [1.29, 1.82) is 0 Å². The molecule has 0 amide bonds. The minimum atomic E-state index is -0.461. The molecule has 74 valence electrons. The lowest BCUT2D eigenvalue weighted by atomic mass is 9.77. The van der Waals surface area contributed by atoms with E-state index < -0.39 is 5.50 Å². The van der Waals surface area contributed by atoms with Crippen molar-refractivity contribution in [1.82, 2.24) is 0 Å². The summed E-state index contributed by atoms with van der Waals surface area (Å²) in [4.78, 5) is 0. The van der Waals surface area contributed by atoms with E-state index in [2.05, 4.69) is 20.8 Å². The Balaban J connectivity index is 3.22. The zero-order chi connectivity index (χ0) is 10.9. The topological polar surface area (TPSA) is 26.0 Å². The summed E-state index contributed by atoms with van der Waals surface area (Å²) in [6.07, 6.45) is 0. The molecule has 14 heavy (non-hydrogen) atoms. The van der Waals surface area contributed by atoms with Gasteiger partial charge in [0.1, 0.15) is 13.3 Å². The largest absolute Gasteiger partial charge is 0.312 e. The zero-order valence-electron chi connectivity index (χ0n) is 8.84. The van der Waals surface area contributed by atoms with E-state index in [9.17, 15) is 0 Å². The fourth-order valence-corrected chi connectivity index (χ4v) is 1.53. The molecule has 1 aromatic carbocycles. The van der Waals surface area contributed by atoms with E-state index in [1.807, 2.05) is 18.2 Å². The maximum atomic E-state index is 5.89. The third-order valence-electron chi connectivity index (χ3n) is 2.20. The molecule has 0 fully saturated rings. The van der Waals surface area contributed by atoms with Gasteiger partial charge in [0.05, 0.1) is 0 Å². The summed E-state index contributed by atoms with van der Waals surface area (Å²) in [5.74, 6) is 0. The summed E-state index contributed by atoms with van der Waals surface area (Å²) in [6, 6.07) is 5.70. The van der Waals surface area contributed by atoms with Crippen LogP contribution < -0.4 is 11.2 Å². The summed E-state index contributed by atoms with van der Waals surface area (Å²) in [5, 5.41) is 0. The van der Waals surface area contributed by atoms with Crippen LogP contribution in [0.4, 0.5) is 0 Å². The van der Waals surface area contributed by atoms with E-state index in [1.165, 1.54) is 0 Å². The highest BCUT2D eigenvalue weighted by Gasteiger charge is 2.16. The predicted octanol–water partition coefficient (Wildman–Crippen LogP) is 1.97. The first-order valence-corrected chi connectivity index (χ1v) is 5.05. The second-order valence-corrected chi connectivity index (χ2v) is 4.97. The zero-order valence-corrected chi connectivity index (χ0v) is 9.60. The van der Waals surface area contributed by atoms with Crippen molar-refractivity contribution < 1.29 is 0 Å². The Morgan fingerprint density at radius 3 is 2.36 bits per heavy atom. The fourth-order valence-electron chi connectivity index (χ4n) is 1.39. The van der Waals surface area contributed by atoms with Gasteiger partial charge < -0.3 is 5.73 Å². The molecular formula is C11H15BClN. The van der Waals surface area contributed by atoms with Gasteiger partial charge in [0, 0.05) is 0 Å². The average Bonchev–Trinajstić information content (AvgIpc) is 2.02. The second-order valence-electron chi connectivity index (χ2n) is 4.50. The molecule has 1 aromatic rings. The molecule has 0 aromatic heterocycles. The fraction of sp³-hybridized carbons (Fsp3) is 0.455. The number of hydrogen-bond donors (Lipinski definition) is 1. The molecule has 2 radical (unpaired) electrons. The number of halogens is 1. The lowest BCUT2D eigenvalue weighted by molar-refractivity contribution is 0.593. The van der Waals surface area contributed by atoms with Gasteiger partial charge >= 0.3 is 0 Å². The molecule has 0 aliphatic carbocycles. The molecule has 0 bridgehead atoms. The molecule has 0 saturated carbocycles. The van der Waals surface area contributed by atoms with Crippen molar-refractivity contribution >= 4 is 24.9 Å². The normalized spacial score (nSPS) is 14.1. The van der Waals surface area contributed by atoms with Crippen LogP contribution in [0.3, 0.4) is 0 Å². The highest BCUT2D eigenvalue weighted by atomic mass is 35.5. The van der Waals surface area contributed by atoms with Gasteiger partial charge in [0.2, 0.25) is 0 Å². The molecule has 0 aliphatic heterocycles. The molecule has 0 spiro atoms. The Hall–Kier alpha value is -0.465. The number of nitrogens with two attached hydrogens (primary N) is 1. The second kappa shape index (κ2) is 3.96. The van der Waals surface area contributed by atoms with E-state index in [4.69, 9.17) is 25.2 Å². The molecule has 0 heterocycles. The number of hydrogen-bond acceptors (Lipinski definition) is 1. The highest BCUT2D eigenvalue weighted by Crippen LogP contribution is 2.23. The van der Waals surface area contributed by atoms with Crippen molar-refractivity contribution in [2.24, 2.45) is 5.73 Å². The van der Waals surface area contributed by atoms with Crippen LogP contribution in [0, 0.1) is 0 Å². The monoisotopic (exact) mass is 207 g/mol. The summed E-state index contributed by atoms with van der Waals surface area (Å²) < 4.78 is 0. The highest BCUT2D eigenvalue weighted by molar-refractivity contribution is 6.33. The third-order valence-corrected chi connectivity index (χ3v) is 2.46. The standard InChI is InChI=1S/C11H15BClN/c1-11(2,3)8-6-7(10(13)14)4-5-9(8)12/h4-6,10H,14H2,1-3H3. The van der Waals surface area contributed by atoms with Gasteiger partial charge in [-0.1, -0.05) is 44.4 Å². The Labute approximate surface area is 92.1 Å². The van der Waals surface area contributed by atoms with Crippen molar-refractivity contribution in [3.8, 4) is 0 Å². The predicted molar refractivity (Wildman–Crippen MR) is 63.3 cm³/mol. The van der Waals surface area contributed by atoms with Crippen LogP contribution in [0.1, 0.15) is 37.4 Å². The van der Waals surface area contributed by atoms with Crippen molar-refractivity contribution in [2.75, 3.05) is 0 Å². The van der Waals surface area contributed by atoms with Gasteiger partial charge in [-0.25, -0.2) is 0 Å². The van der Waals surface area contributed by atoms with Gasteiger partial charge in [-0.2, -0.15) is 0 Å². The lowest BCUT2D eigenvalue weighted by Crippen LogP contribution is -2.23. The summed E-state index contributed by atoms with van der Waals surface area (Å²) in [7, 11) is 5.89. The summed E-state index contributed by atoms with van der Waals surface area (Å²) >= 11 is 5.81. The lowest BCUT2D eigenvalue weighted by Gasteiger charge is -2.23. The number of rotatable bonds is 1. The Morgan fingerprint density at radius 2 is 1.93 bits per heavy atom. The quantitative estimate of drug-likeness (QED) is 0.425. The van der Waals surface area contributed by atoms with Crippen LogP contribution in [0.25, 0.3) is 0 Å². The first-order valence-electron chi connectivity index (χ1n) is 4.62. The minimum absolute atomic E-state index is 0.0197. The molecule has 0 aliphatic rings. The van der Waals surface area contributed by atoms with E-state index in [-0.39, 0.29) is 5.41 Å². The number of benzene rings is 1. The van der Waals surface area contributed by atoms with Crippen LogP contribution >= 0.6 is 11.6 Å². The maximum Gasteiger partial charge on any atom is 0.114 e. The Bertz CT molecular complexity index is 329. The van der Waals surface area contributed by atoms with Crippen molar-refractivity contribution in [3.05, 3.63) is 29.3 Å². The first-order chi connectivity index (χ1) is 6.32. The SMILES string of the molecule is [B]c1ccc(C(N)Cl)cc1C(C)(C)C. The molecular weight excluding hydrogens is 192 g/mol. The van der Waals surface area contributed by atoms with E-state index in [0.717, 1.165) is 16.6 Å². The van der Waals surface area contributed by atoms with Crippen LogP contribution in [0.2, 0.25) is 0 Å². The van der Waals surface area contributed by atoms with E-state index in [0.29, 0.717) is 0 Å². The Kier molecular flexibility index (Phi) is 3.28. The molecule has 0 saturated heterocycles. The van der Waals surface area contributed by atoms with Gasteiger partial charge in [-0.05, 0) is 16.5 Å². The average molecular weight is 208 g/mol. The van der Waals surface area contributed by atoms with Crippen molar-refractivity contribution in [3.63, 3.8) is 0 Å². The maximum absolute atomic E-state index is 5.89. The van der Waals surface area contributed by atoms with Crippen LogP contribution in [0.15, 0.2) is 18.2 Å². The summed E-state index contributed by atoms with van der Waals surface area (Å²) in [5.41, 5.74) is 7.95. The molecule has 1 unspecified atom stereocenters. The van der Waals surface area contributed by atoms with Crippen molar-refractivity contribution in [2.45, 2.75) is 31.7 Å². The smallest absolute Gasteiger partial charge is 0.114 e. The Morgan fingerprint density at radius 1 is 1.36 bits per heavy atom. The van der Waals surface area contributed by atoms with Crippen LogP contribution in [0.5, 0.6) is 0 Å². The van der Waals surface area contributed by atoms with Crippen LogP contribution in [-0.4, -0.2) is 7.85 Å². The number of alkyl halides is 1. The van der Waals surface area contributed by atoms with Gasteiger partial charge in [-0.3, -0.25) is 0 Å². The van der Waals surface area contributed by atoms with E-state index in [1.54, 1.807) is 0 Å².